The first kappa shape index (κ1) is 17.9. The molecule has 0 spiro atoms. The monoisotopic (exact) mass is 373 g/mol. The molecule has 0 fully saturated rings. The van der Waals surface area contributed by atoms with E-state index in [1.165, 1.54) is 36.6 Å². The maximum atomic E-state index is 13.9. The largest absolute Gasteiger partial charge is 0.459 e. The summed E-state index contributed by atoms with van der Waals surface area (Å²) in [5.41, 5.74) is 0.917. The van der Waals surface area contributed by atoms with E-state index in [9.17, 15) is 17.6 Å². The summed E-state index contributed by atoms with van der Waals surface area (Å²) in [7, 11) is -3.64. The van der Waals surface area contributed by atoms with Gasteiger partial charge in [0, 0.05) is 5.56 Å². The van der Waals surface area contributed by atoms with Crippen LogP contribution in [0.25, 0.3) is 0 Å². The first-order valence-electron chi connectivity index (χ1n) is 7.78. The van der Waals surface area contributed by atoms with Gasteiger partial charge < -0.3 is 9.73 Å². The van der Waals surface area contributed by atoms with Crippen LogP contribution in [-0.2, 0) is 15.6 Å². The molecular formula is C19H16FNO4S. The second kappa shape index (κ2) is 7.13. The van der Waals surface area contributed by atoms with Gasteiger partial charge in [-0.3, -0.25) is 4.79 Å². The molecule has 0 bridgehead atoms. The topological polar surface area (TPSA) is 76.4 Å². The van der Waals surface area contributed by atoms with Crippen LogP contribution < -0.4 is 5.32 Å². The standard InChI is InChI=1S/C19H16FNO4S/c1-13-7-8-17(16(20)11-13)21-19(22)18-14(9-10-25-18)12-26(23,24)15-5-3-2-4-6-15/h2-11H,12H2,1H3,(H,21,22). The van der Waals surface area contributed by atoms with E-state index in [2.05, 4.69) is 5.32 Å². The normalized spacial score (nSPS) is 11.3. The fourth-order valence-corrected chi connectivity index (χ4v) is 3.84. The van der Waals surface area contributed by atoms with E-state index in [1.807, 2.05) is 0 Å². The van der Waals surface area contributed by atoms with Crippen molar-refractivity contribution in [2.45, 2.75) is 17.6 Å². The second-order valence-electron chi connectivity index (χ2n) is 5.78. The van der Waals surface area contributed by atoms with Gasteiger partial charge in [0.15, 0.2) is 15.6 Å². The molecule has 1 heterocycles. The van der Waals surface area contributed by atoms with Crippen molar-refractivity contribution in [1.82, 2.24) is 0 Å². The minimum absolute atomic E-state index is 0.00568. The van der Waals surface area contributed by atoms with Crippen molar-refractivity contribution < 1.29 is 22.0 Å². The molecule has 0 unspecified atom stereocenters. The molecule has 1 amide bonds. The predicted octanol–water partition coefficient (Wildman–Crippen LogP) is 3.95. The second-order valence-corrected chi connectivity index (χ2v) is 7.77. The van der Waals surface area contributed by atoms with Gasteiger partial charge in [-0.15, -0.1) is 0 Å². The number of rotatable bonds is 5. The van der Waals surface area contributed by atoms with Gasteiger partial charge in [-0.25, -0.2) is 12.8 Å². The Kier molecular flexibility index (Phi) is 4.90. The van der Waals surface area contributed by atoms with Crippen molar-refractivity contribution in [3.8, 4) is 0 Å². The Hall–Kier alpha value is -2.93. The van der Waals surface area contributed by atoms with Crippen molar-refractivity contribution in [3.05, 3.63) is 83.6 Å². The van der Waals surface area contributed by atoms with Crippen LogP contribution >= 0.6 is 0 Å². The minimum atomic E-state index is -3.64. The molecule has 5 nitrogen and oxygen atoms in total. The van der Waals surface area contributed by atoms with Crippen LogP contribution in [0.15, 0.2) is 70.2 Å². The van der Waals surface area contributed by atoms with E-state index in [0.29, 0.717) is 5.56 Å². The van der Waals surface area contributed by atoms with Gasteiger partial charge in [-0.05, 0) is 42.8 Å². The molecule has 7 heteroatoms. The van der Waals surface area contributed by atoms with Crippen LogP contribution in [0.2, 0.25) is 0 Å². The Morgan fingerprint density at radius 1 is 1.12 bits per heavy atom. The van der Waals surface area contributed by atoms with E-state index >= 15 is 0 Å². The van der Waals surface area contributed by atoms with Gasteiger partial charge in [0.05, 0.1) is 22.6 Å². The average molecular weight is 373 g/mol. The van der Waals surface area contributed by atoms with Crippen molar-refractivity contribution in [3.63, 3.8) is 0 Å². The molecule has 26 heavy (non-hydrogen) atoms. The maximum absolute atomic E-state index is 13.9. The summed E-state index contributed by atoms with van der Waals surface area (Å²) in [4.78, 5) is 12.5. The number of amides is 1. The number of hydrogen-bond acceptors (Lipinski definition) is 4. The lowest BCUT2D eigenvalue weighted by atomic mass is 10.2. The predicted molar refractivity (Wildman–Crippen MR) is 95.1 cm³/mol. The van der Waals surface area contributed by atoms with E-state index in [1.54, 1.807) is 31.2 Å². The fourth-order valence-electron chi connectivity index (χ4n) is 2.47. The number of hydrogen-bond donors (Lipinski definition) is 1. The molecule has 2 aromatic carbocycles. The summed E-state index contributed by atoms with van der Waals surface area (Å²) in [6.07, 6.45) is 1.23. The summed E-state index contributed by atoms with van der Waals surface area (Å²) < 4.78 is 44.0. The third kappa shape index (κ3) is 3.83. The quantitative estimate of drug-likeness (QED) is 0.735. The van der Waals surface area contributed by atoms with Gasteiger partial charge in [-0.1, -0.05) is 24.3 Å². The molecule has 134 valence electrons. The Morgan fingerprint density at radius 2 is 1.85 bits per heavy atom. The Morgan fingerprint density at radius 3 is 2.54 bits per heavy atom. The number of furan rings is 1. The highest BCUT2D eigenvalue weighted by Gasteiger charge is 2.23. The SMILES string of the molecule is Cc1ccc(NC(=O)c2occc2CS(=O)(=O)c2ccccc2)c(F)c1. The molecule has 3 rings (SSSR count). The van der Waals surface area contributed by atoms with Crippen LogP contribution in [0.4, 0.5) is 10.1 Å². The molecule has 0 saturated carbocycles. The van der Waals surface area contributed by atoms with Gasteiger partial charge in [-0.2, -0.15) is 0 Å². The van der Waals surface area contributed by atoms with E-state index in [0.717, 1.165) is 0 Å². The Balaban J connectivity index is 1.83. The number of halogens is 1. The summed E-state index contributed by atoms with van der Waals surface area (Å²) in [5.74, 6) is -1.85. The first-order chi connectivity index (χ1) is 12.4. The van der Waals surface area contributed by atoms with Gasteiger partial charge >= 0.3 is 0 Å². The van der Waals surface area contributed by atoms with Gasteiger partial charge in [0.2, 0.25) is 0 Å². The van der Waals surface area contributed by atoms with Crippen molar-refractivity contribution in [1.29, 1.82) is 0 Å². The molecule has 3 aromatic rings. The van der Waals surface area contributed by atoms with Crippen molar-refractivity contribution >= 4 is 21.4 Å². The third-order valence-corrected chi connectivity index (χ3v) is 5.46. The molecule has 0 aliphatic heterocycles. The Labute approximate surface area is 150 Å². The lowest BCUT2D eigenvalue weighted by Gasteiger charge is -2.08. The highest BCUT2D eigenvalue weighted by atomic mass is 32.2. The summed E-state index contributed by atoms with van der Waals surface area (Å²) in [6.45, 7) is 1.73. The zero-order valence-corrected chi connectivity index (χ0v) is 14.7. The smallest absolute Gasteiger partial charge is 0.291 e. The number of carbonyl (C=O) groups is 1. The van der Waals surface area contributed by atoms with Crippen LogP contribution in [-0.4, -0.2) is 14.3 Å². The minimum Gasteiger partial charge on any atom is -0.459 e. The summed E-state index contributed by atoms with van der Waals surface area (Å²) in [6, 6.07) is 13.7. The number of aryl methyl sites for hydroxylation is 1. The average Bonchev–Trinajstić information content (AvgIpc) is 3.05. The summed E-state index contributed by atoms with van der Waals surface area (Å²) >= 11 is 0. The molecular weight excluding hydrogens is 357 g/mol. The molecule has 0 radical (unpaired) electrons. The van der Waals surface area contributed by atoms with Gasteiger partial charge in [0.1, 0.15) is 5.82 Å². The molecule has 0 atom stereocenters. The third-order valence-electron chi connectivity index (χ3n) is 3.77. The number of anilines is 1. The van der Waals surface area contributed by atoms with Crippen LogP contribution in [0.1, 0.15) is 21.7 Å². The van der Waals surface area contributed by atoms with E-state index < -0.39 is 27.3 Å². The van der Waals surface area contributed by atoms with Crippen molar-refractivity contribution in [2.75, 3.05) is 5.32 Å². The number of benzene rings is 2. The zero-order valence-electron chi connectivity index (χ0n) is 13.9. The van der Waals surface area contributed by atoms with E-state index in [4.69, 9.17) is 4.42 Å². The molecule has 0 aliphatic carbocycles. The maximum Gasteiger partial charge on any atom is 0.291 e. The zero-order chi connectivity index (χ0) is 18.7. The lowest BCUT2D eigenvalue weighted by Crippen LogP contribution is -2.15. The molecule has 0 aliphatic rings. The molecule has 0 saturated heterocycles. The lowest BCUT2D eigenvalue weighted by molar-refractivity contribution is 0.0995. The van der Waals surface area contributed by atoms with Crippen LogP contribution in [0.3, 0.4) is 0 Å². The number of sulfone groups is 1. The first-order valence-corrected chi connectivity index (χ1v) is 9.44. The number of carbonyl (C=O) groups excluding carboxylic acids is 1. The fraction of sp³-hybridized carbons (Fsp3) is 0.105. The summed E-state index contributed by atoms with van der Waals surface area (Å²) in [5, 5.41) is 2.40. The molecule has 1 N–H and O–H groups in total. The highest BCUT2D eigenvalue weighted by molar-refractivity contribution is 7.90. The highest BCUT2D eigenvalue weighted by Crippen LogP contribution is 2.22. The van der Waals surface area contributed by atoms with Crippen LogP contribution in [0.5, 0.6) is 0 Å². The van der Waals surface area contributed by atoms with Gasteiger partial charge in [0.25, 0.3) is 5.91 Å². The molecule has 1 aromatic heterocycles. The Bertz CT molecular complexity index is 1040. The number of nitrogens with one attached hydrogen (secondary N) is 1. The van der Waals surface area contributed by atoms with Crippen LogP contribution in [0, 0.1) is 12.7 Å². The van der Waals surface area contributed by atoms with Crippen molar-refractivity contribution in [2.24, 2.45) is 0 Å². The van der Waals surface area contributed by atoms with E-state index in [-0.39, 0.29) is 21.9 Å².